The van der Waals surface area contributed by atoms with Crippen LogP contribution in [0.2, 0.25) is 0 Å². The second-order valence-corrected chi connectivity index (χ2v) is 5.86. The highest BCUT2D eigenvalue weighted by Crippen LogP contribution is 2.44. The topological polar surface area (TPSA) is 15.3 Å². The highest BCUT2D eigenvalue weighted by Gasteiger charge is 2.37. The van der Waals surface area contributed by atoms with Crippen molar-refractivity contribution in [2.45, 2.75) is 58.4 Å². The first kappa shape index (κ1) is 12.4. The third-order valence-corrected chi connectivity index (χ3v) is 4.78. The lowest BCUT2D eigenvalue weighted by Crippen LogP contribution is -2.45. The van der Waals surface area contributed by atoms with Crippen molar-refractivity contribution in [1.29, 1.82) is 0 Å². The maximum absolute atomic E-state index is 3.66. The van der Waals surface area contributed by atoms with E-state index in [-0.39, 0.29) is 0 Å². The van der Waals surface area contributed by atoms with Gasteiger partial charge in [-0.15, -0.1) is 0 Å². The highest BCUT2D eigenvalue weighted by atomic mass is 15.2. The summed E-state index contributed by atoms with van der Waals surface area (Å²) in [4.78, 5) is 2.73. The van der Waals surface area contributed by atoms with E-state index >= 15 is 0 Å². The third kappa shape index (κ3) is 2.78. The van der Waals surface area contributed by atoms with Gasteiger partial charge in [-0.1, -0.05) is 20.3 Å². The van der Waals surface area contributed by atoms with Gasteiger partial charge in [0.1, 0.15) is 0 Å². The quantitative estimate of drug-likeness (QED) is 0.790. The molecule has 1 heterocycles. The Bertz CT molecular complexity index is 205. The molecule has 94 valence electrons. The number of nitrogens with one attached hydrogen (secondary N) is 1. The first-order valence-electron chi connectivity index (χ1n) is 7.24. The zero-order chi connectivity index (χ0) is 11.4. The van der Waals surface area contributed by atoms with Crippen LogP contribution in [0, 0.1) is 5.41 Å². The molecular weight excluding hydrogens is 196 g/mol. The smallest absolute Gasteiger partial charge is 0.0192 e. The lowest BCUT2D eigenvalue weighted by molar-refractivity contribution is 0.0612. The van der Waals surface area contributed by atoms with Crippen LogP contribution >= 0.6 is 0 Å². The van der Waals surface area contributed by atoms with Crippen LogP contribution in [-0.4, -0.2) is 37.1 Å². The molecule has 1 aliphatic carbocycles. The van der Waals surface area contributed by atoms with Gasteiger partial charge in [-0.3, -0.25) is 0 Å². The molecule has 1 saturated heterocycles. The highest BCUT2D eigenvalue weighted by molar-refractivity contribution is 4.90. The maximum Gasteiger partial charge on any atom is 0.0192 e. The van der Waals surface area contributed by atoms with Crippen LogP contribution in [0.3, 0.4) is 0 Å². The average Bonchev–Trinajstić information content (AvgIpc) is 2.48. The van der Waals surface area contributed by atoms with E-state index in [1.807, 2.05) is 0 Å². The third-order valence-electron chi connectivity index (χ3n) is 4.78. The Balaban J connectivity index is 1.87. The molecule has 0 aromatic heterocycles. The van der Waals surface area contributed by atoms with Gasteiger partial charge in [0, 0.05) is 19.1 Å². The van der Waals surface area contributed by atoms with Crippen molar-refractivity contribution in [3.8, 4) is 0 Å². The molecule has 0 aromatic carbocycles. The van der Waals surface area contributed by atoms with Crippen LogP contribution in [0.25, 0.3) is 0 Å². The minimum Gasteiger partial charge on any atom is -0.313 e. The van der Waals surface area contributed by atoms with Crippen LogP contribution in [-0.2, 0) is 0 Å². The zero-order valence-electron chi connectivity index (χ0n) is 11.1. The summed E-state index contributed by atoms with van der Waals surface area (Å²) in [5.41, 5.74) is 0.697. The van der Waals surface area contributed by atoms with E-state index in [2.05, 4.69) is 24.1 Å². The number of nitrogens with zero attached hydrogens (tertiary/aromatic N) is 1. The summed E-state index contributed by atoms with van der Waals surface area (Å²) < 4.78 is 0. The molecule has 2 nitrogen and oxygen atoms in total. The number of rotatable bonds is 4. The van der Waals surface area contributed by atoms with Crippen molar-refractivity contribution in [2.24, 2.45) is 5.41 Å². The molecule has 1 N–H and O–H groups in total. The molecule has 0 radical (unpaired) electrons. The van der Waals surface area contributed by atoms with Gasteiger partial charge in [-0.2, -0.15) is 0 Å². The standard InChI is InChI=1S/C14H28N2/c1-3-13-11-16(10-6-9-15-13)12-14(4-2)7-5-8-14/h13,15H,3-12H2,1-2H3. The Hall–Kier alpha value is -0.0800. The predicted molar refractivity (Wildman–Crippen MR) is 69.7 cm³/mol. The molecule has 1 aliphatic heterocycles. The summed E-state index contributed by atoms with van der Waals surface area (Å²) in [7, 11) is 0. The first-order chi connectivity index (χ1) is 7.78. The molecule has 16 heavy (non-hydrogen) atoms. The van der Waals surface area contributed by atoms with Crippen molar-refractivity contribution in [2.75, 3.05) is 26.2 Å². The SMILES string of the molecule is CCC1CN(CC2(CC)CCC2)CCCN1. The summed E-state index contributed by atoms with van der Waals surface area (Å²) in [6, 6.07) is 0.733. The van der Waals surface area contributed by atoms with Gasteiger partial charge in [0.2, 0.25) is 0 Å². The van der Waals surface area contributed by atoms with E-state index in [1.165, 1.54) is 64.7 Å². The van der Waals surface area contributed by atoms with E-state index in [0.717, 1.165) is 6.04 Å². The van der Waals surface area contributed by atoms with Crippen molar-refractivity contribution in [3.05, 3.63) is 0 Å². The Kier molecular flexibility index (Phi) is 4.26. The number of hydrogen-bond acceptors (Lipinski definition) is 2. The van der Waals surface area contributed by atoms with Gasteiger partial charge in [-0.05, 0) is 50.6 Å². The minimum absolute atomic E-state index is 0.697. The second-order valence-electron chi connectivity index (χ2n) is 5.86. The van der Waals surface area contributed by atoms with E-state index < -0.39 is 0 Å². The van der Waals surface area contributed by atoms with Crippen LogP contribution in [0.4, 0.5) is 0 Å². The van der Waals surface area contributed by atoms with Gasteiger partial charge in [0.25, 0.3) is 0 Å². The van der Waals surface area contributed by atoms with Gasteiger partial charge in [-0.25, -0.2) is 0 Å². The van der Waals surface area contributed by atoms with E-state index in [9.17, 15) is 0 Å². The van der Waals surface area contributed by atoms with E-state index in [4.69, 9.17) is 0 Å². The van der Waals surface area contributed by atoms with Crippen LogP contribution in [0.5, 0.6) is 0 Å². The minimum atomic E-state index is 0.697. The van der Waals surface area contributed by atoms with E-state index in [1.54, 1.807) is 0 Å². The lowest BCUT2D eigenvalue weighted by atomic mass is 9.66. The van der Waals surface area contributed by atoms with Gasteiger partial charge >= 0.3 is 0 Å². The summed E-state index contributed by atoms with van der Waals surface area (Å²) >= 11 is 0. The van der Waals surface area contributed by atoms with Crippen LogP contribution in [0.1, 0.15) is 52.4 Å². The zero-order valence-corrected chi connectivity index (χ0v) is 11.1. The van der Waals surface area contributed by atoms with E-state index in [0.29, 0.717) is 5.41 Å². The molecule has 0 amide bonds. The molecule has 2 rings (SSSR count). The van der Waals surface area contributed by atoms with Crippen molar-refractivity contribution in [1.82, 2.24) is 10.2 Å². The predicted octanol–water partition coefficient (Wildman–Crippen LogP) is 2.64. The van der Waals surface area contributed by atoms with Crippen molar-refractivity contribution in [3.63, 3.8) is 0 Å². The summed E-state index contributed by atoms with van der Waals surface area (Å²) in [6.45, 7) is 9.85. The monoisotopic (exact) mass is 224 g/mol. The Morgan fingerprint density at radius 2 is 2.06 bits per heavy atom. The Morgan fingerprint density at radius 3 is 2.62 bits per heavy atom. The fourth-order valence-corrected chi connectivity index (χ4v) is 3.27. The second kappa shape index (κ2) is 5.50. The van der Waals surface area contributed by atoms with Crippen molar-refractivity contribution < 1.29 is 0 Å². The maximum atomic E-state index is 3.66. The molecule has 2 heteroatoms. The summed E-state index contributed by atoms with van der Waals surface area (Å²) in [6.07, 6.45) is 8.41. The normalized spacial score (nSPS) is 30.8. The largest absolute Gasteiger partial charge is 0.313 e. The van der Waals surface area contributed by atoms with Crippen LogP contribution in [0.15, 0.2) is 0 Å². The first-order valence-corrected chi connectivity index (χ1v) is 7.24. The molecule has 0 bridgehead atoms. The fourth-order valence-electron chi connectivity index (χ4n) is 3.27. The summed E-state index contributed by atoms with van der Waals surface area (Å²) in [5.74, 6) is 0. The fraction of sp³-hybridized carbons (Fsp3) is 1.00. The summed E-state index contributed by atoms with van der Waals surface area (Å²) in [5, 5.41) is 3.66. The average molecular weight is 224 g/mol. The van der Waals surface area contributed by atoms with Crippen molar-refractivity contribution >= 4 is 0 Å². The molecule has 1 saturated carbocycles. The molecular formula is C14H28N2. The molecule has 1 atom stereocenters. The molecule has 0 aromatic rings. The lowest BCUT2D eigenvalue weighted by Gasteiger charge is -2.45. The van der Waals surface area contributed by atoms with Gasteiger partial charge in [0.05, 0.1) is 0 Å². The Labute approximate surface area is 101 Å². The molecule has 2 fully saturated rings. The Morgan fingerprint density at radius 1 is 1.25 bits per heavy atom. The van der Waals surface area contributed by atoms with Gasteiger partial charge < -0.3 is 10.2 Å². The molecule has 1 unspecified atom stereocenters. The number of hydrogen-bond donors (Lipinski definition) is 1. The molecule has 0 spiro atoms. The molecule has 2 aliphatic rings. The van der Waals surface area contributed by atoms with Gasteiger partial charge in [0.15, 0.2) is 0 Å². The van der Waals surface area contributed by atoms with Crippen LogP contribution < -0.4 is 5.32 Å².